The summed E-state index contributed by atoms with van der Waals surface area (Å²) >= 11 is 1.93. The predicted molar refractivity (Wildman–Crippen MR) is 137 cm³/mol. The fourth-order valence-corrected chi connectivity index (χ4v) is 4.45. The third-order valence-corrected chi connectivity index (χ3v) is 6.82. The quantitative estimate of drug-likeness (QED) is 0.281. The summed E-state index contributed by atoms with van der Waals surface area (Å²) in [5.74, 6) is -1.68. The molecule has 8 nitrogen and oxygen atoms in total. The SMILES string of the molecule is CCS(=O)(=O)Nc1cccc(Oc2cc(F)cc(Nc3ccc(I)cc3F)c2NS(C)(=O)=O)c1. The maximum atomic E-state index is 14.5. The molecule has 0 fully saturated rings. The van der Waals surface area contributed by atoms with E-state index in [1.54, 1.807) is 6.07 Å². The first kappa shape index (κ1) is 26.0. The van der Waals surface area contributed by atoms with E-state index in [0.29, 0.717) is 3.57 Å². The van der Waals surface area contributed by atoms with Gasteiger partial charge in [-0.2, -0.15) is 0 Å². The topological polar surface area (TPSA) is 114 Å². The third kappa shape index (κ3) is 7.17. The lowest BCUT2D eigenvalue weighted by Crippen LogP contribution is -2.14. The van der Waals surface area contributed by atoms with Crippen molar-refractivity contribution in [2.45, 2.75) is 6.92 Å². The number of hydrogen-bond donors (Lipinski definition) is 3. The smallest absolute Gasteiger partial charge is 0.232 e. The van der Waals surface area contributed by atoms with Gasteiger partial charge >= 0.3 is 0 Å². The van der Waals surface area contributed by atoms with Crippen molar-refractivity contribution >= 4 is 65.4 Å². The Kier molecular flexibility index (Phi) is 7.88. The summed E-state index contributed by atoms with van der Waals surface area (Å²) in [6, 6.07) is 12.1. The minimum atomic E-state index is -3.85. The molecular formula is C21H20F2IN3O5S2. The molecule has 0 aliphatic rings. The van der Waals surface area contributed by atoms with Crippen molar-refractivity contribution in [3.05, 3.63) is 69.8 Å². The van der Waals surface area contributed by atoms with Gasteiger partial charge in [0, 0.05) is 15.7 Å². The van der Waals surface area contributed by atoms with E-state index < -0.39 is 31.7 Å². The molecule has 0 spiro atoms. The third-order valence-electron chi connectivity index (χ3n) is 4.27. The van der Waals surface area contributed by atoms with Crippen LogP contribution in [0.2, 0.25) is 0 Å². The molecule has 0 aliphatic carbocycles. The molecule has 3 aromatic carbocycles. The van der Waals surface area contributed by atoms with Crippen LogP contribution in [-0.2, 0) is 20.0 Å². The van der Waals surface area contributed by atoms with Crippen LogP contribution in [0.5, 0.6) is 11.5 Å². The van der Waals surface area contributed by atoms with E-state index in [1.807, 2.05) is 22.6 Å². The molecular weight excluding hydrogens is 603 g/mol. The van der Waals surface area contributed by atoms with Gasteiger partial charge in [-0.1, -0.05) is 6.07 Å². The summed E-state index contributed by atoms with van der Waals surface area (Å²) < 4.78 is 87.5. The zero-order valence-electron chi connectivity index (χ0n) is 17.9. The first-order valence-corrected chi connectivity index (χ1v) is 14.3. The number of benzene rings is 3. The second kappa shape index (κ2) is 10.3. The molecule has 0 saturated heterocycles. The summed E-state index contributed by atoms with van der Waals surface area (Å²) in [5, 5.41) is 2.69. The van der Waals surface area contributed by atoms with Gasteiger partial charge in [-0.05, 0) is 65.9 Å². The van der Waals surface area contributed by atoms with Crippen molar-refractivity contribution in [3.63, 3.8) is 0 Å². The number of anilines is 4. The monoisotopic (exact) mass is 623 g/mol. The Morgan fingerprint density at radius 2 is 1.68 bits per heavy atom. The van der Waals surface area contributed by atoms with Gasteiger partial charge in [-0.3, -0.25) is 9.44 Å². The summed E-state index contributed by atoms with van der Waals surface area (Å²) in [4.78, 5) is 0. The second-order valence-corrected chi connectivity index (χ2v) is 12.1. The average molecular weight is 623 g/mol. The summed E-state index contributed by atoms with van der Waals surface area (Å²) in [7, 11) is -7.40. The van der Waals surface area contributed by atoms with Crippen molar-refractivity contribution in [1.29, 1.82) is 0 Å². The van der Waals surface area contributed by atoms with Gasteiger partial charge in [0.2, 0.25) is 20.0 Å². The highest BCUT2D eigenvalue weighted by Gasteiger charge is 2.19. The Morgan fingerprint density at radius 3 is 2.32 bits per heavy atom. The van der Waals surface area contributed by atoms with Crippen LogP contribution in [0.1, 0.15) is 6.92 Å². The van der Waals surface area contributed by atoms with Crippen molar-refractivity contribution < 1.29 is 30.4 Å². The predicted octanol–water partition coefficient (Wildman–Crippen LogP) is 5.24. The normalized spacial score (nSPS) is 11.7. The Balaban J connectivity index is 2.05. The number of sulfonamides is 2. The summed E-state index contributed by atoms with van der Waals surface area (Å²) in [6.07, 6.45) is 0.898. The highest BCUT2D eigenvalue weighted by Crippen LogP contribution is 2.39. The first-order valence-electron chi connectivity index (χ1n) is 9.67. The van der Waals surface area contributed by atoms with Gasteiger partial charge in [0.05, 0.1) is 29.1 Å². The molecule has 0 radical (unpaired) electrons. The molecule has 13 heteroatoms. The van der Waals surface area contributed by atoms with Crippen LogP contribution in [0.25, 0.3) is 0 Å². The molecule has 3 rings (SSSR count). The molecule has 0 aliphatic heterocycles. The molecule has 0 saturated carbocycles. The first-order chi connectivity index (χ1) is 15.8. The lowest BCUT2D eigenvalue weighted by molar-refractivity contribution is 0.479. The van der Waals surface area contributed by atoms with E-state index in [9.17, 15) is 25.6 Å². The maximum Gasteiger partial charge on any atom is 0.232 e. The average Bonchev–Trinajstić information content (AvgIpc) is 2.71. The highest BCUT2D eigenvalue weighted by atomic mass is 127. The Hall–Kier alpha value is -2.65. The van der Waals surface area contributed by atoms with Gasteiger partial charge < -0.3 is 10.1 Å². The Morgan fingerprint density at radius 1 is 0.941 bits per heavy atom. The molecule has 0 atom stereocenters. The molecule has 0 aromatic heterocycles. The standard InChI is InChI=1S/C21H20F2IN3O5S2/c1-3-34(30,31)26-15-5-4-6-16(12-15)32-20-10-13(22)9-19(21(20)27-33(2,28)29)25-18-8-7-14(24)11-17(18)23/h4-12,25-27H,3H2,1-2H3. The fourth-order valence-electron chi connectivity index (χ4n) is 2.79. The van der Waals surface area contributed by atoms with Crippen LogP contribution in [-0.4, -0.2) is 28.8 Å². The fraction of sp³-hybridized carbons (Fsp3) is 0.143. The van der Waals surface area contributed by atoms with Crippen LogP contribution in [0, 0.1) is 15.2 Å². The molecule has 0 bridgehead atoms. The number of halogens is 3. The largest absolute Gasteiger partial charge is 0.455 e. The van der Waals surface area contributed by atoms with Crippen molar-refractivity contribution in [2.24, 2.45) is 0 Å². The summed E-state index contributed by atoms with van der Waals surface area (Å²) in [5.41, 5.74) is -0.0677. The summed E-state index contributed by atoms with van der Waals surface area (Å²) in [6.45, 7) is 1.48. The van der Waals surface area contributed by atoms with Crippen LogP contribution in [0.3, 0.4) is 0 Å². The second-order valence-electron chi connectivity index (χ2n) is 7.09. The molecule has 182 valence electrons. The van der Waals surface area contributed by atoms with E-state index in [-0.39, 0.29) is 40.0 Å². The van der Waals surface area contributed by atoms with Gasteiger partial charge in [-0.15, -0.1) is 0 Å². The minimum absolute atomic E-state index is 0.00973. The molecule has 34 heavy (non-hydrogen) atoms. The Bertz CT molecular complexity index is 1430. The molecule has 3 N–H and O–H groups in total. The molecule has 0 unspecified atom stereocenters. The lowest BCUT2D eigenvalue weighted by Gasteiger charge is -2.18. The van der Waals surface area contributed by atoms with E-state index in [0.717, 1.165) is 18.4 Å². The van der Waals surface area contributed by atoms with Crippen molar-refractivity contribution in [2.75, 3.05) is 26.8 Å². The number of hydrogen-bond acceptors (Lipinski definition) is 6. The number of ether oxygens (including phenoxy) is 1. The van der Waals surface area contributed by atoms with Crippen LogP contribution in [0.15, 0.2) is 54.6 Å². The van der Waals surface area contributed by atoms with Gasteiger partial charge in [0.25, 0.3) is 0 Å². The van der Waals surface area contributed by atoms with Crippen LogP contribution < -0.4 is 19.5 Å². The van der Waals surface area contributed by atoms with E-state index in [2.05, 4.69) is 14.8 Å². The van der Waals surface area contributed by atoms with Crippen LogP contribution >= 0.6 is 22.6 Å². The van der Waals surface area contributed by atoms with Gasteiger partial charge in [0.15, 0.2) is 5.75 Å². The molecule has 0 heterocycles. The zero-order valence-corrected chi connectivity index (χ0v) is 21.7. The van der Waals surface area contributed by atoms with Crippen LogP contribution in [0.4, 0.5) is 31.5 Å². The van der Waals surface area contributed by atoms with E-state index >= 15 is 0 Å². The number of rotatable bonds is 9. The highest BCUT2D eigenvalue weighted by molar-refractivity contribution is 14.1. The Labute approximate surface area is 210 Å². The van der Waals surface area contributed by atoms with E-state index in [4.69, 9.17) is 4.74 Å². The van der Waals surface area contributed by atoms with Gasteiger partial charge in [-0.25, -0.2) is 25.6 Å². The molecule has 0 amide bonds. The molecule has 3 aromatic rings. The zero-order chi connectivity index (χ0) is 25.1. The van der Waals surface area contributed by atoms with Crippen molar-refractivity contribution in [1.82, 2.24) is 0 Å². The maximum absolute atomic E-state index is 14.5. The van der Waals surface area contributed by atoms with E-state index in [1.165, 1.54) is 43.3 Å². The van der Waals surface area contributed by atoms with Gasteiger partial charge in [0.1, 0.15) is 23.1 Å². The minimum Gasteiger partial charge on any atom is -0.455 e. The lowest BCUT2D eigenvalue weighted by atomic mass is 10.2. The van der Waals surface area contributed by atoms with Crippen molar-refractivity contribution in [3.8, 4) is 11.5 Å². The number of nitrogens with one attached hydrogen (secondary N) is 3.